The molecule has 0 fully saturated rings. The van der Waals surface area contributed by atoms with Gasteiger partial charge in [0, 0.05) is 25.1 Å². The van der Waals surface area contributed by atoms with Gasteiger partial charge < -0.3 is 15.4 Å². The Labute approximate surface area is 133 Å². The normalized spacial score (nSPS) is 10.1. The Balaban J connectivity index is 2.44. The number of rotatable bonds is 5. The molecule has 1 amide bonds. The molecule has 3 N–H and O–H groups in total. The topological polar surface area (TPSA) is 87.1 Å². The number of pyridine rings is 1. The highest BCUT2D eigenvalue weighted by molar-refractivity contribution is 6.14. The zero-order valence-electron chi connectivity index (χ0n) is 13.0. The average Bonchev–Trinajstić information content (AvgIpc) is 2.53. The molecule has 1 aromatic heterocycles. The van der Waals surface area contributed by atoms with Crippen molar-refractivity contribution in [2.24, 2.45) is 0 Å². The van der Waals surface area contributed by atoms with Crippen molar-refractivity contribution in [3.8, 4) is 5.75 Å². The van der Waals surface area contributed by atoms with E-state index >= 15 is 0 Å². The number of benzene rings is 1. The summed E-state index contributed by atoms with van der Waals surface area (Å²) in [5.74, 6) is -0.218. The number of anilines is 2. The molecule has 120 valence electrons. The zero-order chi connectivity index (χ0) is 17.0. The molecule has 0 saturated carbocycles. The molecule has 1 aromatic carbocycles. The molecule has 0 bridgehead atoms. The minimum atomic E-state index is -0.549. The maximum Gasteiger partial charge on any atom is 0.221 e. The van der Waals surface area contributed by atoms with Crippen LogP contribution in [0.15, 0.2) is 30.5 Å². The van der Waals surface area contributed by atoms with Crippen LogP contribution in [0.5, 0.6) is 5.75 Å². The molecule has 7 heteroatoms. The van der Waals surface area contributed by atoms with Crippen molar-refractivity contribution >= 4 is 23.1 Å². The Hall–Kier alpha value is -2.96. The number of hydrogen-bond donors (Lipinski definition) is 3. The highest BCUT2D eigenvalue weighted by Gasteiger charge is 2.14. The first kappa shape index (κ1) is 16.4. The van der Waals surface area contributed by atoms with E-state index in [0.717, 1.165) is 0 Å². The van der Waals surface area contributed by atoms with Crippen LogP contribution in [0, 0.1) is 11.2 Å². The van der Waals surface area contributed by atoms with Gasteiger partial charge in [0.1, 0.15) is 5.82 Å². The van der Waals surface area contributed by atoms with Gasteiger partial charge in [0.2, 0.25) is 5.91 Å². The summed E-state index contributed by atoms with van der Waals surface area (Å²) < 4.78 is 18.7. The minimum absolute atomic E-state index is 0.0793. The minimum Gasteiger partial charge on any atom is -0.494 e. The van der Waals surface area contributed by atoms with Gasteiger partial charge in [-0.1, -0.05) is 0 Å². The summed E-state index contributed by atoms with van der Waals surface area (Å²) in [6, 6.07) is 5.90. The van der Waals surface area contributed by atoms with E-state index in [9.17, 15) is 9.18 Å². The van der Waals surface area contributed by atoms with Gasteiger partial charge in [-0.05, 0) is 24.3 Å². The molecule has 0 spiro atoms. The van der Waals surface area contributed by atoms with Gasteiger partial charge in [0.05, 0.1) is 24.7 Å². The van der Waals surface area contributed by atoms with Crippen molar-refractivity contribution in [2.45, 2.75) is 6.92 Å². The molecular formula is C16H17FN4O2. The quantitative estimate of drug-likeness (QED) is 0.740. The van der Waals surface area contributed by atoms with Crippen molar-refractivity contribution in [3.05, 3.63) is 47.4 Å². The van der Waals surface area contributed by atoms with Gasteiger partial charge in [-0.2, -0.15) is 0 Å². The van der Waals surface area contributed by atoms with Crippen molar-refractivity contribution in [1.29, 1.82) is 5.41 Å². The van der Waals surface area contributed by atoms with Crippen molar-refractivity contribution in [3.63, 3.8) is 0 Å². The molecule has 0 unspecified atom stereocenters. The van der Waals surface area contributed by atoms with Crippen LogP contribution in [0.4, 0.5) is 15.9 Å². The third-order valence-corrected chi connectivity index (χ3v) is 3.15. The lowest BCUT2D eigenvalue weighted by molar-refractivity contribution is -0.114. The largest absolute Gasteiger partial charge is 0.494 e. The second kappa shape index (κ2) is 6.87. The zero-order valence-corrected chi connectivity index (χ0v) is 13.0. The van der Waals surface area contributed by atoms with E-state index in [1.807, 2.05) is 0 Å². The molecule has 6 nitrogen and oxygen atoms in total. The molecule has 0 radical (unpaired) electrons. The summed E-state index contributed by atoms with van der Waals surface area (Å²) in [6.45, 7) is 1.38. The molecule has 0 aliphatic heterocycles. The number of nitrogens with one attached hydrogen (secondary N) is 3. The average molecular weight is 316 g/mol. The summed E-state index contributed by atoms with van der Waals surface area (Å²) in [5.41, 5.74) is 1.37. The van der Waals surface area contributed by atoms with Crippen LogP contribution >= 0.6 is 0 Å². The molecular weight excluding hydrogens is 299 g/mol. The SMILES string of the molecule is CNc1ncc(NC(C)=O)cc1C(=N)c1ccc(OC)c(F)c1. The third kappa shape index (κ3) is 3.63. The van der Waals surface area contributed by atoms with Crippen LogP contribution in [0.1, 0.15) is 18.1 Å². The fraction of sp³-hybridized carbons (Fsp3) is 0.188. The molecule has 0 aliphatic rings. The van der Waals surface area contributed by atoms with E-state index in [4.69, 9.17) is 10.1 Å². The van der Waals surface area contributed by atoms with Gasteiger partial charge in [-0.3, -0.25) is 10.2 Å². The van der Waals surface area contributed by atoms with Crippen LogP contribution < -0.4 is 15.4 Å². The van der Waals surface area contributed by atoms with E-state index in [-0.39, 0.29) is 17.4 Å². The summed E-state index contributed by atoms with van der Waals surface area (Å²) in [4.78, 5) is 15.3. The number of halogens is 1. The Kier molecular flexibility index (Phi) is 4.90. The highest BCUT2D eigenvalue weighted by atomic mass is 19.1. The molecule has 2 rings (SSSR count). The number of hydrogen-bond acceptors (Lipinski definition) is 5. The summed E-state index contributed by atoms with van der Waals surface area (Å²) >= 11 is 0. The van der Waals surface area contributed by atoms with E-state index in [1.165, 1.54) is 32.4 Å². The fourth-order valence-corrected chi connectivity index (χ4v) is 2.10. The molecule has 0 atom stereocenters. The van der Waals surface area contributed by atoms with Crippen LogP contribution in [0.2, 0.25) is 0 Å². The first-order valence-electron chi connectivity index (χ1n) is 6.84. The molecule has 1 heterocycles. The summed E-state index contributed by atoms with van der Waals surface area (Å²) in [7, 11) is 3.05. The van der Waals surface area contributed by atoms with Crippen molar-refractivity contribution < 1.29 is 13.9 Å². The monoisotopic (exact) mass is 316 g/mol. The number of nitrogens with zero attached hydrogens (tertiary/aromatic N) is 1. The van der Waals surface area contributed by atoms with E-state index in [0.29, 0.717) is 22.6 Å². The predicted molar refractivity (Wildman–Crippen MR) is 87.0 cm³/mol. The Morgan fingerprint density at radius 1 is 1.35 bits per heavy atom. The lowest BCUT2D eigenvalue weighted by Crippen LogP contribution is -2.11. The first-order valence-corrected chi connectivity index (χ1v) is 6.84. The standard InChI is InChI=1S/C16H17FN4O2/c1-9(22)21-11-7-12(16(19-2)20-8-11)15(18)10-4-5-14(23-3)13(17)6-10/h4-8,18H,1-3H3,(H,19,20)(H,21,22). The summed E-state index contributed by atoms with van der Waals surface area (Å²) in [6.07, 6.45) is 1.48. The van der Waals surface area contributed by atoms with Crippen LogP contribution in [0.25, 0.3) is 0 Å². The maximum absolute atomic E-state index is 13.9. The second-order valence-corrected chi connectivity index (χ2v) is 4.78. The molecule has 0 saturated heterocycles. The molecule has 2 aromatic rings. The smallest absolute Gasteiger partial charge is 0.221 e. The van der Waals surface area contributed by atoms with Gasteiger partial charge >= 0.3 is 0 Å². The van der Waals surface area contributed by atoms with Crippen LogP contribution in [-0.4, -0.2) is 30.8 Å². The predicted octanol–water partition coefficient (Wildman–Crippen LogP) is 2.65. The van der Waals surface area contributed by atoms with Crippen LogP contribution in [-0.2, 0) is 4.79 Å². The Morgan fingerprint density at radius 2 is 2.09 bits per heavy atom. The molecule has 23 heavy (non-hydrogen) atoms. The second-order valence-electron chi connectivity index (χ2n) is 4.78. The van der Waals surface area contributed by atoms with Crippen molar-refractivity contribution in [2.75, 3.05) is 24.8 Å². The number of aromatic nitrogens is 1. The number of methoxy groups -OCH3 is 1. The lowest BCUT2D eigenvalue weighted by Gasteiger charge is -2.12. The first-order chi connectivity index (χ1) is 11.0. The Bertz CT molecular complexity index is 762. The third-order valence-electron chi connectivity index (χ3n) is 3.15. The lowest BCUT2D eigenvalue weighted by atomic mass is 10.0. The maximum atomic E-state index is 13.9. The van der Waals surface area contributed by atoms with Crippen molar-refractivity contribution in [1.82, 2.24) is 4.98 Å². The highest BCUT2D eigenvalue weighted by Crippen LogP contribution is 2.24. The number of ether oxygens (including phenoxy) is 1. The van der Waals surface area contributed by atoms with Gasteiger partial charge in [0.15, 0.2) is 11.6 Å². The summed E-state index contributed by atoms with van der Waals surface area (Å²) in [5, 5.41) is 13.8. The number of carbonyl (C=O) groups is 1. The van der Waals surface area contributed by atoms with E-state index in [2.05, 4.69) is 15.6 Å². The number of amides is 1. The number of carbonyl (C=O) groups excluding carboxylic acids is 1. The molecule has 0 aliphatic carbocycles. The van der Waals surface area contributed by atoms with Gasteiger partial charge in [-0.25, -0.2) is 9.37 Å². The Morgan fingerprint density at radius 3 is 2.65 bits per heavy atom. The van der Waals surface area contributed by atoms with E-state index in [1.54, 1.807) is 19.2 Å². The van der Waals surface area contributed by atoms with Crippen LogP contribution in [0.3, 0.4) is 0 Å². The van der Waals surface area contributed by atoms with E-state index < -0.39 is 5.82 Å². The van der Waals surface area contributed by atoms with Gasteiger partial charge in [0.25, 0.3) is 0 Å². The fourth-order valence-electron chi connectivity index (χ4n) is 2.10. The van der Waals surface area contributed by atoms with Gasteiger partial charge in [-0.15, -0.1) is 0 Å².